The van der Waals surface area contributed by atoms with Gasteiger partial charge in [0.2, 0.25) is 0 Å². The molecule has 3 aromatic rings. The monoisotopic (exact) mass is 389 g/mol. The van der Waals surface area contributed by atoms with Crippen LogP contribution in [0, 0.1) is 11.3 Å². The number of para-hydroxylation sites is 1. The van der Waals surface area contributed by atoms with Crippen molar-refractivity contribution < 1.29 is 9.53 Å². The number of nitrogens with zero attached hydrogens (tertiary/aromatic N) is 3. The molecule has 3 N–H and O–H groups in total. The highest BCUT2D eigenvalue weighted by Gasteiger charge is 2.18. The van der Waals surface area contributed by atoms with Crippen molar-refractivity contribution in [1.29, 1.82) is 5.26 Å². The third-order valence-corrected chi connectivity index (χ3v) is 4.58. The number of ether oxygens (including phenoxy) is 1. The number of anilines is 1. The summed E-state index contributed by atoms with van der Waals surface area (Å²) in [6.07, 6.45) is 0. The number of hydrogen-bond acceptors (Lipinski definition) is 5. The molecule has 29 heavy (non-hydrogen) atoms. The Kier molecular flexibility index (Phi) is 5.84. The van der Waals surface area contributed by atoms with E-state index in [4.69, 9.17) is 10.5 Å². The highest BCUT2D eigenvalue weighted by atomic mass is 16.5. The zero-order chi connectivity index (χ0) is 21.0. The second kappa shape index (κ2) is 8.48. The zero-order valence-electron chi connectivity index (χ0n) is 16.6. The summed E-state index contributed by atoms with van der Waals surface area (Å²) in [6.45, 7) is 4.29. The second-order valence-corrected chi connectivity index (χ2v) is 6.84. The minimum absolute atomic E-state index is 0.0558. The van der Waals surface area contributed by atoms with Crippen LogP contribution in [0.15, 0.2) is 48.5 Å². The number of aromatic nitrogens is 2. The van der Waals surface area contributed by atoms with Gasteiger partial charge in [-0.15, -0.1) is 0 Å². The number of benzene rings is 2. The van der Waals surface area contributed by atoms with Crippen LogP contribution in [0.1, 0.15) is 41.4 Å². The molecular weight excluding hydrogens is 366 g/mol. The summed E-state index contributed by atoms with van der Waals surface area (Å²) in [6, 6.07) is 16.8. The van der Waals surface area contributed by atoms with Gasteiger partial charge < -0.3 is 15.8 Å². The average Bonchev–Trinajstić information content (AvgIpc) is 3.08. The van der Waals surface area contributed by atoms with Gasteiger partial charge >= 0.3 is 0 Å². The topological polar surface area (TPSA) is 106 Å². The van der Waals surface area contributed by atoms with Crippen LogP contribution in [0.3, 0.4) is 0 Å². The highest BCUT2D eigenvalue weighted by Crippen LogP contribution is 2.28. The Balaban J connectivity index is 1.75. The summed E-state index contributed by atoms with van der Waals surface area (Å²) in [7, 11) is 1.54. The summed E-state index contributed by atoms with van der Waals surface area (Å²) in [5, 5.41) is 16.9. The fourth-order valence-electron chi connectivity index (χ4n) is 3.04. The van der Waals surface area contributed by atoms with Crippen LogP contribution in [-0.4, -0.2) is 22.8 Å². The molecule has 1 aromatic heterocycles. The minimum Gasteiger partial charge on any atom is -0.496 e. The molecule has 0 atom stereocenters. The first-order chi connectivity index (χ1) is 14.0. The Morgan fingerprint density at radius 1 is 1.24 bits per heavy atom. The third-order valence-electron chi connectivity index (χ3n) is 4.58. The number of rotatable bonds is 6. The van der Waals surface area contributed by atoms with Crippen molar-refractivity contribution in [3.05, 3.63) is 65.2 Å². The van der Waals surface area contributed by atoms with Gasteiger partial charge in [0.1, 0.15) is 28.9 Å². The lowest BCUT2D eigenvalue weighted by Crippen LogP contribution is -2.23. The average molecular weight is 389 g/mol. The van der Waals surface area contributed by atoms with Gasteiger partial charge in [-0.3, -0.25) is 4.79 Å². The number of nitrogens with one attached hydrogen (secondary N) is 1. The molecule has 0 aliphatic heterocycles. The Morgan fingerprint density at radius 2 is 1.93 bits per heavy atom. The summed E-state index contributed by atoms with van der Waals surface area (Å²) in [5.74, 6) is 0.690. The molecule has 7 heteroatoms. The zero-order valence-corrected chi connectivity index (χ0v) is 16.6. The van der Waals surface area contributed by atoms with E-state index in [0.717, 1.165) is 11.1 Å². The summed E-state index contributed by atoms with van der Waals surface area (Å²) in [4.78, 5) is 12.4. The molecule has 148 valence electrons. The molecule has 2 aromatic carbocycles. The number of hydrogen-bond donors (Lipinski definition) is 2. The van der Waals surface area contributed by atoms with E-state index in [9.17, 15) is 10.1 Å². The molecule has 0 unspecified atom stereocenters. The Morgan fingerprint density at radius 3 is 2.55 bits per heavy atom. The number of carbonyl (C=O) groups excluding carboxylic acids is 1. The predicted molar refractivity (Wildman–Crippen MR) is 111 cm³/mol. The molecule has 1 amide bonds. The van der Waals surface area contributed by atoms with E-state index >= 15 is 0 Å². The maximum atomic E-state index is 12.4. The molecule has 1 heterocycles. The smallest absolute Gasteiger partial charge is 0.255 e. The molecule has 0 saturated heterocycles. The van der Waals surface area contributed by atoms with Gasteiger partial charge in [-0.1, -0.05) is 36.4 Å². The Bertz CT molecular complexity index is 1060. The van der Waals surface area contributed by atoms with Gasteiger partial charge in [-0.05, 0) is 31.5 Å². The van der Waals surface area contributed by atoms with E-state index in [1.165, 1.54) is 7.11 Å². The lowest BCUT2D eigenvalue weighted by molar-refractivity contribution is 0.0948. The Labute approximate surface area is 169 Å². The molecule has 0 spiro atoms. The van der Waals surface area contributed by atoms with Crippen molar-refractivity contribution in [2.24, 2.45) is 0 Å². The lowest BCUT2D eigenvalue weighted by Gasteiger charge is -2.09. The quantitative estimate of drug-likeness (QED) is 0.671. The maximum Gasteiger partial charge on any atom is 0.255 e. The molecule has 7 nitrogen and oxygen atoms in total. The van der Waals surface area contributed by atoms with Gasteiger partial charge in [0, 0.05) is 18.2 Å². The molecule has 0 fully saturated rings. The predicted octanol–water partition coefficient (Wildman–Crippen LogP) is 3.52. The van der Waals surface area contributed by atoms with Crippen molar-refractivity contribution in [2.75, 3.05) is 12.8 Å². The summed E-state index contributed by atoms with van der Waals surface area (Å²) in [5.41, 5.74) is 9.20. The van der Waals surface area contributed by atoms with Crippen molar-refractivity contribution in [2.45, 2.75) is 26.4 Å². The van der Waals surface area contributed by atoms with Crippen LogP contribution < -0.4 is 15.8 Å². The molecule has 0 radical (unpaired) electrons. The number of methoxy groups -OCH3 is 1. The van der Waals surface area contributed by atoms with Crippen LogP contribution in [0.25, 0.3) is 11.3 Å². The molecule has 0 saturated carbocycles. The molecule has 0 aliphatic carbocycles. The van der Waals surface area contributed by atoms with E-state index in [1.807, 2.05) is 44.2 Å². The lowest BCUT2D eigenvalue weighted by atomic mass is 10.1. The highest BCUT2D eigenvalue weighted by molar-refractivity contribution is 5.96. The van der Waals surface area contributed by atoms with E-state index < -0.39 is 0 Å². The second-order valence-electron chi connectivity index (χ2n) is 6.84. The number of carbonyl (C=O) groups is 1. The van der Waals surface area contributed by atoms with Crippen molar-refractivity contribution in [3.8, 4) is 23.1 Å². The van der Waals surface area contributed by atoms with Gasteiger partial charge in [0.15, 0.2) is 0 Å². The van der Waals surface area contributed by atoms with Gasteiger partial charge in [0.25, 0.3) is 5.91 Å². The minimum atomic E-state index is -0.207. The first kappa shape index (κ1) is 20.0. The van der Waals surface area contributed by atoms with E-state index in [1.54, 1.807) is 22.9 Å². The summed E-state index contributed by atoms with van der Waals surface area (Å²) < 4.78 is 6.88. The third kappa shape index (κ3) is 4.06. The van der Waals surface area contributed by atoms with Gasteiger partial charge in [0.05, 0.1) is 12.7 Å². The van der Waals surface area contributed by atoms with Gasteiger partial charge in [-0.2, -0.15) is 10.4 Å². The standard InChI is InChI=1S/C22H23N5O2/c1-14(2)27-21(24)18(12-23)20(26-27)16-10-8-15(9-11-16)13-25-22(28)17-6-4-5-7-19(17)29-3/h4-11,14H,13,24H2,1-3H3,(H,25,28). The van der Waals surface area contributed by atoms with E-state index in [-0.39, 0.29) is 11.9 Å². The van der Waals surface area contributed by atoms with E-state index in [2.05, 4.69) is 16.5 Å². The van der Waals surface area contributed by atoms with Crippen LogP contribution >= 0.6 is 0 Å². The van der Waals surface area contributed by atoms with Crippen LogP contribution in [-0.2, 0) is 6.54 Å². The molecule has 3 rings (SSSR count). The van der Waals surface area contributed by atoms with Crippen LogP contribution in [0.4, 0.5) is 5.82 Å². The number of nitriles is 1. The maximum absolute atomic E-state index is 12.4. The van der Waals surface area contributed by atoms with Gasteiger partial charge in [-0.25, -0.2) is 4.68 Å². The van der Waals surface area contributed by atoms with Crippen LogP contribution in [0.2, 0.25) is 0 Å². The molecular formula is C22H23N5O2. The largest absolute Gasteiger partial charge is 0.496 e. The van der Waals surface area contributed by atoms with Crippen molar-refractivity contribution in [3.63, 3.8) is 0 Å². The SMILES string of the molecule is COc1ccccc1C(=O)NCc1ccc(-c2nn(C(C)C)c(N)c2C#N)cc1. The normalized spacial score (nSPS) is 10.6. The van der Waals surface area contributed by atoms with Crippen molar-refractivity contribution in [1.82, 2.24) is 15.1 Å². The fraction of sp³-hybridized carbons (Fsp3) is 0.227. The number of nitrogen functional groups attached to an aromatic ring is 1. The Hall–Kier alpha value is -3.79. The summed E-state index contributed by atoms with van der Waals surface area (Å²) >= 11 is 0. The van der Waals surface area contributed by atoms with Crippen molar-refractivity contribution >= 4 is 11.7 Å². The van der Waals surface area contributed by atoms with Crippen LogP contribution in [0.5, 0.6) is 5.75 Å². The van der Waals surface area contributed by atoms with E-state index in [0.29, 0.717) is 34.9 Å². The fourth-order valence-corrected chi connectivity index (χ4v) is 3.04. The first-order valence-corrected chi connectivity index (χ1v) is 9.24. The molecule has 0 bridgehead atoms. The molecule has 0 aliphatic rings. The number of nitrogens with two attached hydrogens (primary N) is 1. The number of amides is 1. The first-order valence-electron chi connectivity index (χ1n) is 9.24.